The molecule has 1 atom stereocenters. The molecule has 0 aliphatic carbocycles. The maximum Gasteiger partial charge on any atom is 0.320 e. The maximum absolute atomic E-state index is 11.5. The number of fused-ring (bicyclic) bond motifs is 1. The molecule has 158 valence electrons. The molecule has 0 spiro atoms. The molecular weight excluding hydrogens is 380 g/mol. The molecule has 1 aromatic heterocycles. The molecule has 0 bridgehead atoms. The lowest BCUT2D eigenvalue weighted by atomic mass is 9.88. The van der Waals surface area contributed by atoms with E-state index in [-0.39, 0.29) is 5.41 Å². The molecule has 7 nitrogen and oxygen atoms in total. The Kier molecular flexibility index (Phi) is 8.22. The molecule has 8 heteroatoms. The highest BCUT2D eigenvalue weighted by molar-refractivity contribution is 7.85. The summed E-state index contributed by atoms with van der Waals surface area (Å²) in [4.78, 5) is 11.5. The SMILES string of the molecule is CS(=O)(=O)O.Cc1ccc(CNC(CCC(C)(C)C)C(=O)O)c2ccn(C)c12. The van der Waals surface area contributed by atoms with Gasteiger partial charge in [-0.1, -0.05) is 32.9 Å². The van der Waals surface area contributed by atoms with Crippen LogP contribution in [0.5, 0.6) is 0 Å². The zero-order valence-electron chi connectivity index (χ0n) is 17.5. The molecule has 0 amide bonds. The van der Waals surface area contributed by atoms with Gasteiger partial charge in [0.25, 0.3) is 10.1 Å². The van der Waals surface area contributed by atoms with E-state index in [1.165, 1.54) is 16.5 Å². The van der Waals surface area contributed by atoms with Gasteiger partial charge in [0.2, 0.25) is 0 Å². The van der Waals surface area contributed by atoms with Crippen LogP contribution >= 0.6 is 0 Å². The molecule has 0 aliphatic heterocycles. The maximum atomic E-state index is 11.5. The highest BCUT2D eigenvalue weighted by Crippen LogP contribution is 2.24. The summed E-state index contributed by atoms with van der Waals surface area (Å²) in [6, 6.07) is 5.79. The molecule has 0 saturated carbocycles. The first-order valence-corrected chi connectivity index (χ1v) is 11.0. The standard InChI is InChI=1S/C19H28N2O2.CH4O3S/c1-13-6-7-14(15-9-11-21(5)17(13)15)12-20-16(18(22)23)8-10-19(2,3)4;1-5(2,3)4/h6-7,9,11,16,20H,8,10,12H2,1-5H3,(H,22,23);1H3,(H,2,3,4). The second-order valence-corrected chi connectivity index (χ2v) is 9.80. The first-order valence-electron chi connectivity index (χ1n) is 9.11. The Labute approximate surface area is 167 Å². The van der Waals surface area contributed by atoms with Crippen LogP contribution in [0, 0.1) is 12.3 Å². The van der Waals surface area contributed by atoms with Crippen molar-refractivity contribution in [3.8, 4) is 0 Å². The number of hydrogen-bond acceptors (Lipinski definition) is 4. The van der Waals surface area contributed by atoms with Gasteiger partial charge in [-0.3, -0.25) is 9.35 Å². The second kappa shape index (κ2) is 9.54. The van der Waals surface area contributed by atoms with Crippen molar-refractivity contribution in [3.05, 3.63) is 35.5 Å². The van der Waals surface area contributed by atoms with E-state index in [2.05, 4.69) is 62.0 Å². The molecule has 0 aliphatic rings. The Morgan fingerprint density at radius 1 is 1.25 bits per heavy atom. The van der Waals surface area contributed by atoms with Crippen molar-refractivity contribution >= 4 is 27.0 Å². The van der Waals surface area contributed by atoms with Crippen LogP contribution in [-0.4, -0.2) is 40.9 Å². The van der Waals surface area contributed by atoms with Crippen LogP contribution in [0.3, 0.4) is 0 Å². The molecule has 0 radical (unpaired) electrons. The van der Waals surface area contributed by atoms with Crippen molar-refractivity contribution in [2.75, 3.05) is 6.26 Å². The Balaban J connectivity index is 0.000000696. The van der Waals surface area contributed by atoms with Gasteiger partial charge < -0.3 is 15.0 Å². The van der Waals surface area contributed by atoms with Gasteiger partial charge in [-0.05, 0) is 42.4 Å². The molecule has 2 rings (SSSR count). The van der Waals surface area contributed by atoms with Gasteiger partial charge >= 0.3 is 5.97 Å². The first kappa shape index (κ1) is 24.1. The number of aliphatic carboxylic acids is 1. The molecule has 2 aromatic rings. The number of carboxylic acid groups (broad SMARTS) is 1. The van der Waals surface area contributed by atoms with Gasteiger partial charge in [-0.15, -0.1) is 0 Å². The van der Waals surface area contributed by atoms with Gasteiger partial charge in [-0.2, -0.15) is 8.42 Å². The van der Waals surface area contributed by atoms with Crippen LogP contribution in [-0.2, 0) is 28.5 Å². The van der Waals surface area contributed by atoms with Crippen LogP contribution < -0.4 is 5.32 Å². The summed E-state index contributed by atoms with van der Waals surface area (Å²) in [6.45, 7) is 9.09. The first-order chi connectivity index (χ1) is 12.7. The van der Waals surface area contributed by atoms with E-state index in [9.17, 15) is 18.3 Å². The summed E-state index contributed by atoms with van der Waals surface area (Å²) in [5, 5.41) is 13.9. The third-order valence-electron chi connectivity index (χ3n) is 4.35. The van der Waals surface area contributed by atoms with Crippen LogP contribution in [0.25, 0.3) is 10.9 Å². The van der Waals surface area contributed by atoms with Gasteiger partial charge in [0.05, 0.1) is 11.8 Å². The van der Waals surface area contributed by atoms with Gasteiger partial charge in [-0.25, -0.2) is 0 Å². The lowest BCUT2D eigenvalue weighted by Crippen LogP contribution is -2.37. The number of nitrogens with one attached hydrogen (secondary N) is 1. The summed E-state index contributed by atoms with van der Waals surface area (Å²) in [6.07, 6.45) is 4.29. The van der Waals surface area contributed by atoms with E-state index < -0.39 is 22.1 Å². The predicted molar refractivity (Wildman–Crippen MR) is 112 cm³/mol. The van der Waals surface area contributed by atoms with Gasteiger partial charge in [0.1, 0.15) is 6.04 Å². The van der Waals surface area contributed by atoms with Crippen LogP contribution in [0.1, 0.15) is 44.7 Å². The minimum absolute atomic E-state index is 0.145. The third kappa shape index (κ3) is 8.41. The van der Waals surface area contributed by atoms with Crippen molar-refractivity contribution in [2.24, 2.45) is 12.5 Å². The number of benzene rings is 1. The lowest BCUT2D eigenvalue weighted by Gasteiger charge is -2.22. The molecule has 1 unspecified atom stereocenters. The Hall–Kier alpha value is -1.90. The van der Waals surface area contributed by atoms with Crippen LogP contribution in [0.15, 0.2) is 24.4 Å². The van der Waals surface area contributed by atoms with Crippen LogP contribution in [0.2, 0.25) is 0 Å². The molecule has 28 heavy (non-hydrogen) atoms. The minimum Gasteiger partial charge on any atom is -0.480 e. The Morgan fingerprint density at radius 3 is 2.32 bits per heavy atom. The number of hydrogen-bond donors (Lipinski definition) is 3. The number of rotatable bonds is 6. The number of nitrogens with zero attached hydrogens (tertiary/aromatic N) is 1. The normalized spacial score (nSPS) is 13.1. The average molecular weight is 413 g/mol. The monoisotopic (exact) mass is 412 g/mol. The molecule has 0 fully saturated rings. The lowest BCUT2D eigenvalue weighted by molar-refractivity contribution is -0.139. The average Bonchev–Trinajstić information content (AvgIpc) is 2.89. The minimum atomic E-state index is -3.67. The highest BCUT2D eigenvalue weighted by atomic mass is 32.2. The summed E-state index contributed by atoms with van der Waals surface area (Å²) >= 11 is 0. The van der Waals surface area contributed by atoms with E-state index in [0.29, 0.717) is 19.2 Å². The Bertz CT molecular complexity index is 903. The fraction of sp³-hybridized carbons (Fsp3) is 0.550. The number of carbonyl (C=O) groups is 1. The fourth-order valence-corrected chi connectivity index (χ4v) is 2.95. The quantitative estimate of drug-likeness (QED) is 0.628. The van der Waals surface area contributed by atoms with Crippen molar-refractivity contribution in [2.45, 2.75) is 53.1 Å². The smallest absolute Gasteiger partial charge is 0.320 e. The summed E-state index contributed by atoms with van der Waals surface area (Å²) < 4.78 is 28.0. The van der Waals surface area contributed by atoms with E-state index in [1.54, 1.807) is 0 Å². The van der Waals surface area contributed by atoms with Crippen molar-refractivity contribution in [3.63, 3.8) is 0 Å². The number of aromatic nitrogens is 1. The zero-order chi connectivity index (χ0) is 21.7. The molecule has 3 N–H and O–H groups in total. The largest absolute Gasteiger partial charge is 0.480 e. The fourth-order valence-electron chi connectivity index (χ4n) is 2.95. The molecule has 1 heterocycles. The van der Waals surface area contributed by atoms with Crippen molar-refractivity contribution in [1.29, 1.82) is 0 Å². The molecule has 1 aromatic carbocycles. The van der Waals surface area contributed by atoms with E-state index in [4.69, 9.17) is 4.55 Å². The molecule has 0 saturated heterocycles. The predicted octanol–water partition coefficient (Wildman–Crippen LogP) is 3.36. The van der Waals surface area contributed by atoms with Crippen molar-refractivity contribution in [1.82, 2.24) is 9.88 Å². The summed E-state index contributed by atoms with van der Waals surface area (Å²) in [5.41, 5.74) is 3.74. The zero-order valence-corrected chi connectivity index (χ0v) is 18.3. The number of aryl methyl sites for hydroxylation is 2. The summed E-state index contributed by atoms with van der Waals surface area (Å²) in [5.74, 6) is -0.773. The Morgan fingerprint density at radius 2 is 1.82 bits per heavy atom. The van der Waals surface area contributed by atoms with Crippen LogP contribution in [0.4, 0.5) is 0 Å². The second-order valence-electron chi connectivity index (χ2n) is 8.33. The van der Waals surface area contributed by atoms with E-state index in [0.717, 1.165) is 12.0 Å². The highest BCUT2D eigenvalue weighted by Gasteiger charge is 2.21. The van der Waals surface area contributed by atoms with Gasteiger partial charge in [0.15, 0.2) is 0 Å². The van der Waals surface area contributed by atoms with E-state index in [1.807, 2.05) is 7.05 Å². The van der Waals surface area contributed by atoms with Gasteiger partial charge in [0, 0.05) is 25.2 Å². The van der Waals surface area contributed by atoms with E-state index >= 15 is 0 Å². The topological polar surface area (TPSA) is 109 Å². The molecular formula is C20H32N2O5S. The van der Waals surface area contributed by atoms with Crippen molar-refractivity contribution < 1.29 is 22.9 Å². The number of carboxylic acids is 1. The summed E-state index contributed by atoms with van der Waals surface area (Å²) in [7, 11) is -1.63. The third-order valence-corrected chi connectivity index (χ3v) is 4.35.